The summed E-state index contributed by atoms with van der Waals surface area (Å²) >= 11 is 0. The lowest BCUT2D eigenvalue weighted by atomic mass is 10.1. The third kappa shape index (κ3) is 4.17. The van der Waals surface area contributed by atoms with Crippen molar-refractivity contribution >= 4 is 11.5 Å². The van der Waals surface area contributed by atoms with Crippen molar-refractivity contribution in [2.45, 2.75) is 13.5 Å². The van der Waals surface area contributed by atoms with Crippen molar-refractivity contribution in [3.05, 3.63) is 53.6 Å². The van der Waals surface area contributed by atoms with E-state index in [4.69, 9.17) is 9.47 Å². The van der Waals surface area contributed by atoms with Crippen molar-refractivity contribution < 1.29 is 19.2 Å². The van der Waals surface area contributed by atoms with Gasteiger partial charge in [-0.3, -0.25) is 4.79 Å². The highest BCUT2D eigenvalue weighted by molar-refractivity contribution is 5.94. The van der Waals surface area contributed by atoms with Gasteiger partial charge in [-0.25, -0.2) is 0 Å². The van der Waals surface area contributed by atoms with E-state index in [0.717, 1.165) is 55.3 Å². The van der Waals surface area contributed by atoms with E-state index in [2.05, 4.69) is 17.0 Å². The number of Topliss-reactive ketones (excluding diaryl/α,β-unsaturated/α-hetero) is 1. The molecule has 0 aromatic heterocycles. The molecule has 1 heterocycles. The van der Waals surface area contributed by atoms with Crippen LogP contribution in [0.2, 0.25) is 0 Å². The Morgan fingerprint density at radius 2 is 1.73 bits per heavy atom. The summed E-state index contributed by atoms with van der Waals surface area (Å²) in [6.07, 6.45) is 0. The molecule has 1 aliphatic rings. The maximum absolute atomic E-state index is 11.7. The van der Waals surface area contributed by atoms with Gasteiger partial charge in [0.15, 0.2) is 5.78 Å². The molecule has 0 unspecified atom stereocenters. The average Bonchev–Trinajstić information content (AvgIpc) is 2.68. The maximum atomic E-state index is 11.7. The number of hydrogen-bond donors (Lipinski definition) is 1. The van der Waals surface area contributed by atoms with Gasteiger partial charge in [0.1, 0.15) is 18.0 Å². The van der Waals surface area contributed by atoms with Gasteiger partial charge < -0.3 is 19.3 Å². The van der Waals surface area contributed by atoms with Crippen LogP contribution >= 0.6 is 0 Å². The Morgan fingerprint density at radius 3 is 2.31 bits per heavy atom. The van der Waals surface area contributed by atoms with Crippen molar-refractivity contribution in [2.75, 3.05) is 45.3 Å². The largest absolute Gasteiger partial charge is 0.497 e. The van der Waals surface area contributed by atoms with Crippen LogP contribution < -0.4 is 19.3 Å². The molecule has 0 bridgehead atoms. The molecule has 0 atom stereocenters. The van der Waals surface area contributed by atoms with E-state index >= 15 is 0 Å². The highest BCUT2D eigenvalue weighted by Crippen LogP contribution is 2.21. The number of methoxy groups -OCH3 is 2. The van der Waals surface area contributed by atoms with Crippen LogP contribution in [0.5, 0.6) is 11.5 Å². The van der Waals surface area contributed by atoms with Crippen molar-refractivity contribution in [3.63, 3.8) is 0 Å². The van der Waals surface area contributed by atoms with Gasteiger partial charge in [0, 0.05) is 16.8 Å². The van der Waals surface area contributed by atoms with Gasteiger partial charge in [-0.2, -0.15) is 0 Å². The summed E-state index contributed by atoms with van der Waals surface area (Å²) in [5, 5.41) is 0. The summed E-state index contributed by atoms with van der Waals surface area (Å²) in [6.45, 7) is 6.61. The fourth-order valence-corrected chi connectivity index (χ4v) is 3.46. The fraction of sp³-hybridized carbons (Fsp3) is 0.381. The van der Waals surface area contributed by atoms with E-state index < -0.39 is 0 Å². The van der Waals surface area contributed by atoms with Gasteiger partial charge in [-0.05, 0) is 49.4 Å². The molecule has 0 spiro atoms. The number of ether oxygens (including phenoxy) is 2. The topological polar surface area (TPSA) is 43.2 Å². The minimum Gasteiger partial charge on any atom is -0.497 e. The Hall–Kier alpha value is -2.53. The summed E-state index contributed by atoms with van der Waals surface area (Å²) in [5.74, 6) is 1.84. The van der Waals surface area contributed by atoms with Crippen LogP contribution in [0.4, 0.5) is 5.69 Å². The summed E-state index contributed by atoms with van der Waals surface area (Å²) in [6, 6.07) is 14.0. The molecule has 2 aromatic rings. The normalized spacial score (nSPS) is 15.0. The van der Waals surface area contributed by atoms with Gasteiger partial charge in [-0.1, -0.05) is 0 Å². The van der Waals surface area contributed by atoms with Gasteiger partial charge in [0.25, 0.3) is 0 Å². The molecule has 0 saturated carbocycles. The second-order valence-corrected chi connectivity index (χ2v) is 6.69. The van der Waals surface area contributed by atoms with Crippen molar-refractivity contribution in [1.82, 2.24) is 0 Å². The lowest BCUT2D eigenvalue weighted by Crippen LogP contribution is -3.13. The van der Waals surface area contributed by atoms with Crippen molar-refractivity contribution in [1.29, 1.82) is 0 Å². The van der Waals surface area contributed by atoms with Crippen LogP contribution in [0.1, 0.15) is 22.8 Å². The third-order valence-electron chi connectivity index (χ3n) is 5.04. The maximum Gasteiger partial charge on any atom is 0.159 e. The first-order valence-electron chi connectivity index (χ1n) is 9.01. The number of piperazine rings is 1. The number of hydrogen-bond acceptors (Lipinski definition) is 4. The monoisotopic (exact) mass is 355 g/mol. The quantitative estimate of drug-likeness (QED) is 0.803. The van der Waals surface area contributed by atoms with Crippen LogP contribution in [0, 0.1) is 0 Å². The number of benzene rings is 2. The molecule has 138 valence electrons. The Balaban J connectivity index is 1.63. The predicted molar refractivity (Wildman–Crippen MR) is 103 cm³/mol. The molecule has 26 heavy (non-hydrogen) atoms. The van der Waals surface area contributed by atoms with E-state index in [-0.39, 0.29) is 5.78 Å². The Labute approximate surface area is 155 Å². The number of nitrogens with one attached hydrogen (secondary N) is 1. The zero-order valence-corrected chi connectivity index (χ0v) is 15.7. The van der Waals surface area contributed by atoms with Gasteiger partial charge in [0.05, 0.1) is 40.4 Å². The van der Waals surface area contributed by atoms with E-state index in [1.54, 1.807) is 21.1 Å². The summed E-state index contributed by atoms with van der Waals surface area (Å²) in [5.41, 5.74) is 3.09. The minimum atomic E-state index is 0.0910. The average molecular weight is 355 g/mol. The standard InChI is InChI=1S/C21H26N2O3/c1-16(24)17-4-9-21(26-3)18(14-17)15-22-10-12-23(13-11-22)19-5-7-20(25-2)8-6-19/h4-9,14H,10-13,15H2,1-3H3/p+1. The number of carbonyl (C=O) groups is 1. The van der Waals surface area contributed by atoms with Crippen molar-refractivity contribution in [3.8, 4) is 11.5 Å². The SMILES string of the molecule is COc1ccc(N2CC[NH+](Cc3cc(C(C)=O)ccc3OC)CC2)cc1. The van der Waals surface area contributed by atoms with Crippen LogP contribution in [0.25, 0.3) is 0 Å². The predicted octanol–water partition coefficient (Wildman–Crippen LogP) is 1.81. The molecule has 1 aliphatic heterocycles. The number of rotatable bonds is 6. The third-order valence-corrected chi connectivity index (χ3v) is 5.04. The lowest BCUT2D eigenvalue weighted by Gasteiger charge is -2.34. The Bertz CT molecular complexity index is 750. The molecule has 0 aliphatic carbocycles. The van der Waals surface area contributed by atoms with Crippen LogP contribution in [-0.4, -0.2) is 46.2 Å². The van der Waals surface area contributed by atoms with E-state index in [0.29, 0.717) is 0 Å². The van der Waals surface area contributed by atoms with E-state index in [9.17, 15) is 4.79 Å². The molecule has 1 N–H and O–H groups in total. The lowest BCUT2D eigenvalue weighted by molar-refractivity contribution is -0.914. The van der Waals surface area contributed by atoms with Crippen LogP contribution in [-0.2, 0) is 6.54 Å². The zero-order valence-electron chi connectivity index (χ0n) is 15.7. The van der Waals surface area contributed by atoms with Crippen LogP contribution in [0.3, 0.4) is 0 Å². The second kappa shape index (κ2) is 8.23. The molecular formula is C21H27N2O3+. The van der Waals surface area contributed by atoms with E-state index in [1.165, 1.54) is 10.6 Å². The van der Waals surface area contributed by atoms with Crippen LogP contribution in [0.15, 0.2) is 42.5 Å². The fourth-order valence-electron chi connectivity index (χ4n) is 3.46. The second-order valence-electron chi connectivity index (χ2n) is 6.69. The van der Waals surface area contributed by atoms with Gasteiger partial charge >= 0.3 is 0 Å². The first-order chi connectivity index (χ1) is 12.6. The Kier molecular flexibility index (Phi) is 5.78. The van der Waals surface area contributed by atoms with Gasteiger partial charge in [0.2, 0.25) is 0 Å². The first-order valence-corrected chi connectivity index (χ1v) is 9.01. The molecule has 0 amide bonds. The zero-order chi connectivity index (χ0) is 18.5. The molecule has 1 fully saturated rings. The van der Waals surface area contributed by atoms with Gasteiger partial charge in [-0.15, -0.1) is 0 Å². The van der Waals surface area contributed by atoms with E-state index in [1.807, 2.05) is 30.3 Å². The molecule has 3 rings (SSSR count). The number of anilines is 1. The molecular weight excluding hydrogens is 328 g/mol. The summed E-state index contributed by atoms with van der Waals surface area (Å²) in [4.78, 5) is 15.6. The summed E-state index contributed by atoms with van der Waals surface area (Å²) < 4.78 is 10.7. The van der Waals surface area contributed by atoms with Crippen molar-refractivity contribution in [2.24, 2.45) is 0 Å². The Morgan fingerprint density at radius 1 is 1.04 bits per heavy atom. The number of quaternary nitrogens is 1. The molecule has 5 nitrogen and oxygen atoms in total. The molecule has 1 saturated heterocycles. The number of carbonyl (C=O) groups excluding carboxylic acids is 1. The smallest absolute Gasteiger partial charge is 0.159 e. The number of nitrogens with zero attached hydrogens (tertiary/aromatic N) is 1. The minimum absolute atomic E-state index is 0.0910. The molecule has 0 radical (unpaired) electrons. The number of ketones is 1. The highest BCUT2D eigenvalue weighted by atomic mass is 16.5. The molecule has 5 heteroatoms. The highest BCUT2D eigenvalue weighted by Gasteiger charge is 2.22. The first kappa shape index (κ1) is 18.3. The summed E-state index contributed by atoms with van der Waals surface area (Å²) in [7, 11) is 3.37. The molecule has 2 aromatic carbocycles.